The molecule has 146 valence electrons. The summed E-state index contributed by atoms with van der Waals surface area (Å²) in [5, 5.41) is 0. The second-order valence-corrected chi connectivity index (χ2v) is 7.09. The minimum atomic E-state index is -0.564. The molecule has 1 aromatic heterocycles. The van der Waals surface area contributed by atoms with E-state index in [1.165, 1.54) is 12.1 Å². The first kappa shape index (κ1) is 18.5. The van der Waals surface area contributed by atoms with Crippen LogP contribution in [0.2, 0.25) is 0 Å². The third kappa shape index (κ3) is 3.86. The fourth-order valence-electron chi connectivity index (χ4n) is 3.60. The normalized spacial score (nSPS) is 16.3. The zero-order chi connectivity index (χ0) is 19.5. The van der Waals surface area contributed by atoms with Gasteiger partial charge in [0.05, 0.1) is 0 Å². The zero-order valence-electron chi connectivity index (χ0n) is 15.8. The maximum absolute atomic E-state index is 13.1. The molecule has 2 aromatic carbocycles. The summed E-state index contributed by atoms with van der Waals surface area (Å²) in [5.74, 6) is 1.12. The molecule has 0 radical (unpaired) electrons. The lowest BCUT2D eigenvalue weighted by Gasteiger charge is -2.33. The van der Waals surface area contributed by atoms with Crippen LogP contribution in [0.25, 0.3) is 11.1 Å². The number of aromatic nitrogens is 1. The lowest BCUT2D eigenvalue weighted by molar-refractivity contribution is -0.140. The minimum Gasteiger partial charge on any atom is -0.481 e. The van der Waals surface area contributed by atoms with Crippen LogP contribution in [0, 0.1) is 5.82 Å². The molecule has 0 N–H and O–H groups in total. The monoisotopic (exact) mass is 382 g/mol. The van der Waals surface area contributed by atoms with Gasteiger partial charge in [-0.25, -0.2) is 9.37 Å². The average Bonchev–Trinajstić information content (AvgIpc) is 3.17. The fourth-order valence-corrected chi connectivity index (χ4v) is 3.60. The Kier molecular flexibility index (Phi) is 5.28. The largest absolute Gasteiger partial charge is 0.481 e. The smallest absolute Gasteiger partial charge is 0.263 e. The molecule has 1 unspecified atom stereocenters. The standard InChI is InChI=1S/C22H23FN2O3/c1-2-19(27-17-9-7-16(23)8-10-17)22(26)25-13-11-15(12-14-25)21-24-18-5-3-4-6-20(18)28-21/h3-10,15,19H,2,11-14H2,1H3. The number of likely N-dealkylation sites (tertiary alicyclic amines) is 1. The molecule has 0 aliphatic carbocycles. The van der Waals surface area contributed by atoms with Crippen LogP contribution in [0.15, 0.2) is 52.9 Å². The van der Waals surface area contributed by atoms with Crippen molar-refractivity contribution in [2.24, 2.45) is 0 Å². The zero-order valence-corrected chi connectivity index (χ0v) is 15.8. The van der Waals surface area contributed by atoms with E-state index in [2.05, 4.69) is 4.98 Å². The number of amides is 1. The van der Waals surface area contributed by atoms with Crippen molar-refractivity contribution in [2.45, 2.75) is 38.2 Å². The number of hydrogen-bond donors (Lipinski definition) is 0. The topological polar surface area (TPSA) is 55.6 Å². The molecule has 4 rings (SSSR count). The van der Waals surface area contributed by atoms with Gasteiger partial charge in [0, 0.05) is 19.0 Å². The van der Waals surface area contributed by atoms with Gasteiger partial charge in [-0.3, -0.25) is 4.79 Å². The van der Waals surface area contributed by atoms with Crippen molar-refractivity contribution in [3.8, 4) is 5.75 Å². The molecule has 1 aliphatic rings. The van der Waals surface area contributed by atoms with Crippen LogP contribution in [-0.4, -0.2) is 35.0 Å². The van der Waals surface area contributed by atoms with Gasteiger partial charge < -0.3 is 14.1 Å². The van der Waals surface area contributed by atoms with Crippen molar-refractivity contribution >= 4 is 17.0 Å². The average molecular weight is 382 g/mol. The lowest BCUT2D eigenvalue weighted by Crippen LogP contribution is -2.45. The van der Waals surface area contributed by atoms with Crippen molar-refractivity contribution in [3.63, 3.8) is 0 Å². The van der Waals surface area contributed by atoms with Crippen molar-refractivity contribution in [1.29, 1.82) is 0 Å². The van der Waals surface area contributed by atoms with E-state index in [-0.39, 0.29) is 17.6 Å². The SMILES string of the molecule is CCC(Oc1ccc(F)cc1)C(=O)N1CCC(c2nc3ccccc3o2)CC1. The van der Waals surface area contributed by atoms with E-state index in [0.717, 1.165) is 29.8 Å². The fraction of sp³-hybridized carbons (Fsp3) is 0.364. The molecule has 1 aliphatic heterocycles. The number of piperidine rings is 1. The van der Waals surface area contributed by atoms with Gasteiger partial charge in [0.15, 0.2) is 17.6 Å². The number of para-hydroxylation sites is 2. The van der Waals surface area contributed by atoms with E-state index in [0.29, 0.717) is 25.3 Å². The first-order valence-corrected chi connectivity index (χ1v) is 9.70. The van der Waals surface area contributed by atoms with E-state index < -0.39 is 6.10 Å². The summed E-state index contributed by atoms with van der Waals surface area (Å²) < 4.78 is 24.7. The molecule has 0 bridgehead atoms. The first-order valence-electron chi connectivity index (χ1n) is 9.70. The van der Waals surface area contributed by atoms with Crippen LogP contribution in [0.4, 0.5) is 4.39 Å². The molecule has 2 heterocycles. The third-order valence-electron chi connectivity index (χ3n) is 5.20. The third-order valence-corrected chi connectivity index (χ3v) is 5.20. The Hall–Kier alpha value is -2.89. The number of benzene rings is 2. The lowest BCUT2D eigenvalue weighted by atomic mass is 9.96. The molecule has 1 saturated heterocycles. The van der Waals surface area contributed by atoms with Crippen LogP contribution in [-0.2, 0) is 4.79 Å². The second kappa shape index (κ2) is 8.00. The molecule has 28 heavy (non-hydrogen) atoms. The molecule has 1 amide bonds. The molecular formula is C22H23FN2O3. The van der Waals surface area contributed by atoms with Crippen LogP contribution >= 0.6 is 0 Å². The number of carbonyl (C=O) groups excluding carboxylic acids is 1. The number of oxazole rings is 1. The summed E-state index contributed by atoms with van der Waals surface area (Å²) >= 11 is 0. The first-order chi connectivity index (χ1) is 13.6. The Morgan fingerprint density at radius 2 is 1.93 bits per heavy atom. The van der Waals surface area contributed by atoms with Crippen molar-refractivity contribution in [3.05, 3.63) is 60.2 Å². The van der Waals surface area contributed by atoms with Crippen LogP contribution < -0.4 is 4.74 Å². The molecule has 0 saturated carbocycles. The number of halogens is 1. The summed E-state index contributed by atoms with van der Waals surface area (Å²) in [4.78, 5) is 19.3. The highest BCUT2D eigenvalue weighted by molar-refractivity contribution is 5.81. The molecule has 1 fully saturated rings. The number of ether oxygens (including phenoxy) is 1. The summed E-state index contributed by atoms with van der Waals surface area (Å²) in [7, 11) is 0. The van der Waals surface area contributed by atoms with E-state index in [1.54, 1.807) is 12.1 Å². The highest BCUT2D eigenvalue weighted by Crippen LogP contribution is 2.30. The second-order valence-electron chi connectivity index (χ2n) is 7.09. The van der Waals surface area contributed by atoms with E-state index in [1.807, 2.05) is 36.1 Å². The number of carbonyl (C=O) groups is 1. The summed E-state index contributed by atoms with van der Waals surface area (Å²) in [6, 6.07) is 13.5. The van der Waals surface area contributed by atoms with Gasteiger partial charge in [0.2, 0.25) is 0 Å². The Balaban J connectivity index is 1.37. The predicted molar refractivity (Wildman–Crippen MR) is 104 cm³/mol. The van der Waals surface area contributed by atoms with Gasteiger partial charge >= 0.3 is 0 Å². The highest BCUT2D eigenvalue weighted by Gasteiger charge is 2.31. The van der Waals surface area contributed by atoms with E-state index >= 15 is 0 Å². The quantitative estimate of drug-likeness (QED) is 0.651. The summed E-state index contributed by atoms with van der Waals surface area (Å²) in [6.07, 6.45) is 1.62. The van der Waals surface area contributed by atoms with Gasteiger partial charge in [-0.15, -0.1) is 0 Å². The minimum absolute atomic E-state index is 0.0251. The Labute approximate surface area is 163 Å². The predicted octanol–water partition coefficient (Wildman–Crippen LogP) is 4.53. The summed E-state index contributed by atoms with van der Waals surface area (Å²) in [5.41, 5.74) is 1.67. The molecule has 0 spiro atoms. The Bertz CT molecular complexity index is 913. The number of hydrogen-bond acceptors (Lipinski definition) is 4. The van der Waals surface area contributed by atoms with Gasteiger partial charge in [-0.1, -0.05) is 19.1 Å². The number of rotatable bonds is 5. The highest BCUT2D eigenvalue weighted by atomic mass is 19.1. The van der Waals surface area contributed by atoms with Gasteiger partial charge in [0.25, 0.3) is 5.91 Å². The van der Waals surface area contributed by atoms with Crippen molar-refractivity contribution in [1.82, 2.24) is 9.88 Å². The molecular weight excluding hydrogens is 359 g/mol. The van der Waals surface area contributed by atoms with Crippen LogP contribution in [0.1, 0.15) is 38.0 Å². The van der Waals surface area contributed by atoms with Crippen LogP contribution in [0.3, 0.4) is 0 Å². The van der Waals surface area contributed by atoms with E-state index in [9.17, 15) is 9.18 Å². The maximum Gasteiger partial charge on any atom is 0.263 e. The number of nitrogens with zero attached hydrogens (tertiary/aromatic N) is 2. The van der Waals surface area contributed by atoms with Gasteiger partial charge in [-0.2, -0.15) is 0 Å². The molecule has 3 aromatic rings. The summed E-state index contributed by atoms with van der Waals surface area (Å²) in [6.45, 7) is 3.20. The molecule has 5 nitrogen and oxygen atoms in total. The molecule has 1 atom stereocenters. The van der Waals surface area contributed by atoms with Gasteiger partial charge in [-0.05, 0) is 55.7 Å². The van der Waals surface area contributed by atoms with Crippen molar-refractivity contribution < 1.29 is 18.3 Å². The van der Waals surface area contributed by atoms with Crippen molar-refractivity contribution in [2.75, 3.05) is 13.1 Å². The number of fused-ring (bicyclic) bond motifs is 1. The Morgan fingerprint density at radius 1 is 1.21 bits per heavy atom. The Morgan fingerprint density at radius 3 is 2.61 bits per heavy atom. The maximum atomic E-state index is 13.1. The van der Waals surface area contributed by atoms with Crippen LogP contribution in [0.5, 0.6) is 5.75 Å². The van der Waals surface area contributed by atoms with Gasteiger partial charge in [0.1, 0.15) is 17.1 Å². The molecule has 6 heteroatoms. The van der Waals surface area contributed by atoms with E-state index in [4.69, 9.17) is 9.15 Å².